The molecule has 0 unspecified atom stereocenters. The first kappa shape index (κ1) is 13.1. The van der Waals surface area contributed by atoms with E-state index in [1.807, 2.05) is 0 Å². The zero-order valence-corrected chi connectivity index (χ0v) is 11.3. The van der Waals surface area contributed by atoms with E-state index in [1.54, 1.807) is 12.1 Å². The van der Waals surface area contributed by atoms with Crippen molar-refractivity contribution >= 4 is 0 Å². The maximum atomic E-state index is 13.4. The van der Waals surface area contributed by atoms with Gasteiger partial charge in [-0.1, -0.05) is 36.4 Å². The molecule has 0 radical (unpaired) electrons. The highest BCUT2D eigenvalue weighted by Gasteiger charge is 2.15. The van der Waals surface area contributed by atoms with Crippen LogP contribution in [-0.4, -0.2) is 23.1 Å². The van der Waals surface area contributed by atoms with Crippen molar-refractivity contribution in [3.05, 3.63) is 65.0 Å². The van der Waals surface area contributed by atoms with Crippen LogP contribution >= 0.6 is 0 Å². The normalized spacial score (nSPS) is 15.7. The van der Waals surface area contributed by atoms with Crippen LogP contribution in [0.2, 0.25) is 0 Å². The minimum Gasteiger partial charge on any atom is -0.505 e. The Hall–Kier alpha value is -1.87. The van der Waals surface area contributed by atoms with E-state index >= 15 is 0 Å². The van der Waals surface area contributed by atoms with Crippen molar-refractivity contribution in [3.8, 4) is 5.75 Å². The van der Waals surface area contributed by atoms with Crippen LogP contribution in [0, 0.1) is 5.82 Å². The van der Waals surface area contributed by atoms with Gasteiger partial charge in [0.25, 0.3) is 0 Å². The average Bonchev–Trinajstić information content (AvgIpc) is 2.67. The number of fused-ring (bicyclic) bond motifs is 1. The molecule has 2 nitrogen and oxygen atoms in total. The second-order valence-corrected chi connectivity index (χ2v) is 5.29. The third kappa shape index (κ3) is 2.68. The van der Waals surface area contributed by atoms with Gasteiger partial charge < -0.3 is 5.11 Å². The van der Waals surface area contributed by atoms with Gasteiger partial charge in [0, 0.05) is 25.2 Å². The van der Waals surface area contributed by atoms with Crippen LogP contribution < -0.4 is 0 Å². The molecule has 0 amide bonds. The molecule has 0 atom stereocenters. The van der Waals surface area contributed by atoms with Gasteiger partial charge in [0.15, 0.2) is 11.6 Å². The summed E-state index contributed by atoms with van der Waals surface area (Å²) < 4.78 is 13.4. The van der Waals surface area contributed by atoms with E-state index in [1.165, 1.54) is 17.2 Å². The van der Waals surface area contributed by atoms with E-state index in [4.69, 9.17) is 0 Å². The molecule has 0 aliphatic carbocycles. The summed E-state index contributed by atoms with van der Waals surface area (Å²) in [7, 11) is 0. The van der Waals surface area contributed by atoms with Gasteiger partial charge in [-0.3, -0.25) is 4.90 Å². The summed E-state index contributed by atoms with van der Waals surface area (Å²) in [5.74, 6) is -0.755. The molecule has 1 aliphatic rings. The fourth-order valence-corrected chi connectivity index (χ4v) is 2.80. The van der Waals surface area contributed by atoms with Gasteiger partial charge >= 0.3 is 0 Å². The minimum absolute atomic E-state index is 0.214. The maximum Gasteiger partial charge on any atom is 0.165 e. The lowest BCUT2D eigenvalue weighted by atomic mass is 10.0. The van der Waals surface area contributed by atoms with E-state index in [0.717, 1.165) is 25.9 Å². The molecule has 1 aliphatic heterocycles. The van der Waals surface area contributed by atoms with Crippen molar-refractivity contribution in [3.63, 3.8) is 0 Å². The molecule has 1 heterocycles. The van der Waals surface area contributed by atoms with Crippen molar-refractivity contribution in [2.75, 3.05) is 13.1 Å². The SMILES string of the molecule is Oc1c(F)cccc1CN1CCc2ccccc2CC1. The Labute approximate surface area is 118 Å². The highest BCUT2D eigenvalue weighted by atomic mass is 19.1. The first-order valence-electron chi connectivity index (χ1n) is 6.99. The molecule has 20 heavy (non-hydrogen) atoms. The summed E-state index contributed by atoms with van der Waals surface area (Å²) in [4.78, 5) is 2.27. The number of benzene rings is 2. The van der Waals surface area contributed by atoms with Gasteiger partial charge in [-0.25, -0.2) is 4.39 Å². The summed E-state index contributed by atoms with van der Waals surface area (Å²) in [6.07, 6.45) is 2.01. The molecule has 2 aromatic rings. The summed E-state index contributed by atoms with van der Waals surface area (Å²) in [6.45, 7) is 2.47. The van der Waals surface area contributed by atoms with Crippen molar-refractivity contribution in [1.82, 2.24) is 4.90 Å². The first-order valence-corrected chi connectivity index (χ1v) is 6.99. The van der Waals surface area contributed by atoms with Gasteiger partial charge in [-0.2, -0.15) is 0 Å². The predicted molar refractivity (Wildman–Crippen MR) is 77.2 cm³/mol. The molecule has 1 N–H and O–H groups in total. The van der Waals surface area contributed by atoms with Crippen LogP contribution in [0.5, 0.6) is 5.75 Å². The Balaban J connectivity index is 1.73. The van der Waals surface area contributed by atoms with Crippen LogP contribution in [0.3, 0.4) is 0 Å². The molecule has 3 heteroatoms. The number of halogens is 1. The Bertz CT molecular complexity index is 585. The number of rotatable bonds is 2. The number of hydrogen-bond acceptors (Lipinski definition) is 2. The molecule has 3 rings (SSSR count). The lowest BCUT2D eigenvalue weighted by molar-refractivity contribution is 0.273. The summed E-state index contributed by atoms with van der Waals surface area (Å²) in [6, 6.07) is 13.2. The smallest absolute Gasteiger partial charge is 0.165 e. The minimum atomic E-state index is -0.541. The highest BCUT2D eigenvalue weighted by Crippen LogP contribution is 2.23. The zero-order valence-electron chi connectivity index (χ0n) is 11.3. The first-order chi connectivity index (χ1) is 9.74. The largest absolute Gasteiger partial charge is 0.505 e. The molecule has 0 saturated heterocycles. The zero-order chi connectivity index (χ0) is 13.9. The van der Waals surface area contributed by atoms with Crippen LogP contribution in [0.4, 0.5) is 4.39 Å². The van der Waals surface area contributed by atoms with E-state index in [9.17, 15) is 9.50 Å². The molecule has 0 fully saturated rings. The van der Waals surface area contributed by atoms with Crippen molar-refractivity contribution in [2.45, 2.75) is 19.4 Å². The molecule has 104 valence electrons. The summed E-state index contributed by atoms with van der Waals surface area (Å²) >= 11 is 0. The average molecular weight is 271 g/mol. The molecule has 0 bridgehead atoms. The number of para-hydroxylation sites is 1. The van der Waals surface area contributed by atoms with Crippen LogP contribution in [0.1, 0.15) is 16.7 Å². The van der Waals surface area contributed by atoms with Crippen molar-refractivity contribution < 1.29 is 9.50 Å². The Kier molecular flexibility index (Phi) is 3.70. The van der Waals surface area contributed by atoms with E-state index < -0.39 is 5.82 Å². The third-order valence-electron chi connectivity index (χ3n) is 3.98. The topological polar surface area (TPSA) is 23.5 Å². The maximum absolute atomic E-state index is 13.4. The number of phenolic OH excluding ortho intramolecular Hbond substituents is 1. The fraction of sp³-hybridized carbons (Fsp3) is 0.294. The molecule has 0 spiro atoms. The lowest BCUT2D eigenvalue weighted by Gasteiger charge is -2.20. The quantitative estimate of drug-likeness (QED) is 0.907. The fourth-order valence-electron chi connectivity index (χ4n) is 2.80. The molecule has 2 aromatic carbocycles. The number of phenols is 1. The van der Waals surface area contributed by atoms with Gasteiger partial charge in [-0.15, -0.1) is 0 Å². The summed E-state index contributed by atoms with van der Waals surface area (Å²) in [5, 5.41) is 9.77. The van der Waals surface area contributed by atoms with Gasteiger partial charge in [-0.05, 0) is 30.0 Å². The molecular formula is C17H18FNO. The third-order valence-corrected chi connectivity index (χ3v) is 3.98. The van der Waals surface area contributed by atoms with Crippen molar-refractivity contribution in [2.24, 2.45) is 0 Å². The van der Waals surface area contributed by atoms with Gasteiger partial charge in [0.05, 0.1) is 0 Å². The predicted octanol–water partition coefficient (Wildman–Crippen LogP) is 3.13. The number of aromatic hydroxyl groups is 1. The second kappa shape index (κ2) is 5.63. The Morgan fingerprint density at radius 1 is 0.950 bits per heavy atom. The van der Waals surface area contributed by atoms with Crippen LogP contribution in [-0.2, 0) is 19.4 Å². The van der Waals surface area contributed by atoms with E-state index in [0.29, 0.717) is 12.1 Å². The molecule has 0 aromatic heterocycles. The summed E-state index contributed by atoms with van der Waals surface area (Å²) in [5.41, 5.74) is 3.47. The van der Waals surface area contributed by atoms with Crippen LogP contribution in [0.25, 0.3) is 0 Å². The van der Waals surface area contributed by atoms with Crippen LogP contribution in [0.15, 0.2) is 42.5 Å². The van der Waals surface area contributed by atoms with Crippen molar-refractivity contribution in [1.29, 1.82) is 0 Å². The standard InChI is InChI=1S/C17H18FNO/c18-16-7-3-6-15(17(16)20)12-19-10-8-13-4-1-2-5-14(13)9-11-19/h1-7,20H,8-12H2. The Morgan fingerprint density at radius 2 is 1.60 bits per heavy atom. The Morgan fingerprint density at radius 3 is 2.25 bits per heavy atom. The van der Waals surface area contributed by atoms with Gasteiger partial charge in [0.2, 0.25) is 0 Å². The monoisotopic (exact) mass is 271 g/mol. The second-order valence-electron chi connectivity index (χ2n) is 5.29. The lowest BCUT2D eigenvalue weighted by Crippen LogP contribution is -2.26. The highest BCUT2D eigenvalue weighted by molar-refractivity contribution is 5.34. The van der Waals surface area contributed by atoms with E-state index in [2.05, 4.69) is 29.2 Å². The molecule has 0 saturated carbocycles. The van der Waals surface area contributed by atoms with E-state index in [-0.39, 0.29) is 5.75 Å². The number of hydrogen-bond donors (Lipinski definition) is 1. The number of nitrogens with zero attached hydrogens (tertiary/aromatic N) is 1. The van der Waals surface area contributed by atoms with Gasteiger partial charge in [0.1, 0.15) is 0 Å². The molecular weight excluding hydrogens is 253 g/mol.